The first-order valence-corrected chi connectivity index (χ1v) is 7.80. The number of aryl methyl sites for hydroxylation is 2. The molecule has 0 spiro atoms. The minimum atomic E-state index is 0.853. The minimum absolute atomic E-state index is 0.853. The third kappa shape index (κ3) is 3.32. The zero-order valence-electron chi connectivity index (χ0n) is 13.8. The quantitative estimate of drug-likeness (QED) is 0.887. The van der Waals surface area contributed by atoms with E-state index in [1.807, 2.05) is 11.7 Å². The molecule has 0 saturated carbocycles. The van der Waals surface area contributed by atoms with Crippen LogP contribution in [0.5, 0.6) is 0 Å². The molecule has 0 unspecified atom stereocenters. The van der Waals surface area contributed by atoms with Gasteiger partial charge in [-0.05, 0) is 57.0 Å². The second-order valence-corrected chi connectivity index (χ2v) is 5.52. The molecule has 0 amide bonds. The van der Waals surface area contributed by atoms with Crippen LogP contribution in [0.1, 0.15) is 48.5 Å². The molecule has 4 nitrogen and oxygen atoms in total. The van der Waals surface area contributed by atoms with Crippen LogP contribution < -0.4 is 5.32 Å². The normalized spacial score (nSPS) is 11.1. The van der Waals surface area contributed by atoms with E-state index in [0.29, 0.717) is 0 Å². The van der Waals surface area contributed by atoms with Crippen LogP contribution in [0.3, 0.4) is 0 Å². The number of aromatic nitrogens is 3. The molecule has 114 valence electrons. The first-order valence-electron chi connectivity index (χ1n) is 7.80. The molecule has 1 N–H and O–H groups in total. The minimum Gasteiger partial charge on any atom is -0.316 e. The Balaban J connectivity index is 2.51. The summed E-state index contributed by atoms with van der Waals surface area (Å²) >= 11 is 0. The van der Waals surface area contributed by atoms with E-state index < -0.39 is 0 Å². The van der Waals surface area contributed by atoms with E-state index in [-0.39, 0.29) is 0 Å². The van der Waals surface area contributed by atoms with Gasteiger partial charge in [0.15, 0.2) is 5.82 Å². The molecule has 21 heavy (non-hydrogen) atoms. The fraction of sp³-hybridized carbons (Fsp3) is 0.529. The van der Waals surface area contributed by atoms with Crippen molar-refractivity contribution in [3.05, 3.63) is 40.3 Å². The summed E-state index contributed by atoms with van der Waals surface area (Å²) in [7, 11) is 1.97. The highest BCUT2D eigenvalue weighted by Crippen LogP contribution is 2.19. The summed E-state index contributed by atoms with van der Waals surface area (Å²) in [5, 5.41) is 7.90. The Morgan fingerprint density at radius 2 is 1.95 bits per heavy atom. The van der Waals surface area contributed by atoms with Crippen LogP contribution in [0.15, 0.2) is 12.1 Å². The Hall–Kier alpha value is -1.68. The predicted octanol–water partition coefficient (Wildman–Crippen LogP) is 3.12. The van der Waals surface area contributed by atoms with E-state index >= 15 is 0 Å². The van der Waals surface area contributed by atoms with Crippen LogP contribution in [0.4, 0.5) is 0 Å². The van der Waals surface area contributed by atoms with Crippen LogP contribution in [0, 0.1) is 13.8 Å². The smallest absolute Gasteiger partial charge is 0.154 e. The van der Waals surface area contributed by atoms with Crippen LogP contribution >= 0.6 is 0 Å². The fourth-order valence-corrected chi connectivity index (χ4v) is 2.84. The molecule has 2 aromatic rings. The van der Waals surface area contributed by atoms with E-state index in [1.165, 1.54) is 16.8 Å². The van der Waals surface area contributed by atoms with Gasteiger partial charge in [-0.3, -0.25) is 0 Å². The fourth-order valence-electron chi connectivity index (χ4n) is 2.84. The lowest BCUT2D eigenvalue weighted by Crippen LogP contribution is -2.10. The molecule has 0 atom stereocenters. The topological polar surface area (TPSA) is 42.7 Å². The highest BCUT2D eigenvalue weighted by atomic mass is 15.3. The molecular weight excluding hydrogens is 260 g/mol. The van der Waals surface area contributed by atoms with Crippen LogP contribution in [0.25, 0.3) is 5.82 Å². The zero-order chi connectivity index (χ0) is 15.4. The summed E-state index contributed by atoms with van der Waals surface area (Å²) in [5.41, 5.74) is 6.04. The van der Waals surface area contributed by atoms with Gasteiger partial charge in [0.2, 0.25) is 0 Å². The van der Waals surface area contributed by atoms with Gasteiger partial charge in [0.05, 0.1) is 5.69 Å². The van der Waals surface area contributed by atoms with Crippen molar-refractivity contribution in [1.29, 1.82) is 0 Å². The van der Waals surface area contributed by atoms with Crippen LogP contribution in [-0.4, -0.2) is 21.8 Å². The Bertz CT molecular complexity index is 589. The second-order valence-electron chi connectivity index (χ2n) is 5.52. The van der Waals surface area contributed by atoms with Crippen LogP contribution in [0.2, 0.25) is 0 Å². The first kappa shape index (κ1) is 15.7. The van der Waals surface area contributed by atoms with E-state index in [4.69, 9.17) is 4.98 Å². The van der Waals surface area contributed by atoms with Crippen LogP contribution in [-0.2, 0) is 19.4 Å². The Morgan fingerprint density at radius 1 is 1.19 bits per heavy atom. The lowest BCUT2D eigenvalue weighted by molar-refractivity contribution is 0.765. The van der Waals surface area contributed by atoms with Crippen molar-refractivity contribution >= 4 is 0 Å². The Kier molecular flexibility index (Phi) is 5.12. The van der Waals surface area contributed by atoms with Gasteiger partial charge in [-0.2, -0.15) is 5.10 Å². The molecule has 2 rings (SSSR count). The zero-order valence-corrected chi connectivity index (χ0v) is 13.8. The number of nitrogens with one attached hydrogen (secondary N) is 1. The van der Waals surface area contributed by atoms with E-state index in [1.54, 1.807) is 0 Å². The maximum atomic E-state index is 4.80. The van der Waals surface area contributed by atoms with Gasteiger partial charge in [0.25, 0.3) is 0 Å². The molecule has 0 aromatic carbocycles. The molecular formula is C17H26N4. The van der Waals surface area contributed by atoms with Crippen molar-refractivity contribution in [2.45, 2.75) is 53.5 Å². The number of rotatable bonds is 6. The van der Waals surface area contributed by atoms with Crippen molar-refractivity contribution in [3.63, 3.8) is 0 Å². The second kappa shape index (κ2) is 6.85. The third-order valence-corrected chi connectivity index (χ3v) is 3.82. The highest BCUT2D eigenvalue weighted by molar-refractivity contribution is 5.36. The SMILES string of the molecule is CCCc1cc(CNC)cc(-n2nc(C)c(CC)c2C)n1. The average molecular weight is 286 g/mol. The monoisotopic (exact) mass is 286 g/mol. The molecule has 2 heterocycles. The summed E-state index contributed by atoms with van der Waals surface area (Å²) in [4.78, 5) is 4.80. The van der Waals surface area contributed by atoms with Gasteiger partial charge < -0.3 is 5.32 Å². The predicted molar refractivity (Wildman–Crippen MR) is 87.0 cm³/mol. The Morgan fingerprint density at radius 3 is 2.52 bits per heavy atom. The lowest BCUT2D eigenvalue weighted by Gasteiger charge is -2.10. The van der Waals surface area contributed by atoms with Gasteiger partial charge in [-0.25, -0.2) is 9.67 Å². The standard InChI is InChI=1S/C17H26N4/c1-6-8-15-9-14(11-18-5)10-17(19-15)21-13(4)16(7-2)12(3)20-21/h9-10,18H,6-8,11H2,1-5H3. The van der Waals surface area contributed by atoms with Gasteiger partial charge in [0, 0.05) is 17.9 Å². The van der Waals surface area contributed by atoms with E-state index in [2.05, 4.69) is 50.2 Å². The molecule has 4 heteroatoms. The number of pyridine rings is 1. The molecule has 0 aliphatic carbocycles. The van der Waals surface area contributed by atoms with Crippen molar-refractivity contribution in [2.75, 3.05) is 7.05 Å². The molecule has 0 saturated heterocycles. The highest BCUT2D eigenvalue weighted by Gasteiger charge is 2.13. The van der Waals surface area contributed by atoms with Crippen molar-refractivity contribution < 1.29 is 0 Å². The van der Waals surface area contributed by atoms with Gasteiger partial charge in [-0.15, -0.1) is 0 Å². The maximum Gasteiger partial charge on any atom is 0.154 e. The molecule has 0 fully saturated rings. The van der Waals surface area contributed by atoms with Crippen molar-refractivity contribution in [3.8, 4) is 5.82 Å². The summed E-state index contributed by atoms with van der Waals surface area (Å²) < 4.78 is 1.99. The number of nitrogens with zero attached hydrogens (tertiary/aromatic N) is 3. The molecule has 2 aromatic heterocycles. The summed E-state index contributed by atoms with van der Waals surface area (Å²) in [6, 6.07) is 4.32. The van der Waals surface area contributed by atoms with Gasteiger partial charge in [-0.1, -0.05) is 20.3 Å². The van der Waals surface area contributed by atoms with E-state index in [0.717, 1.165) is 43.0 Å². The summed E-state index contributed by atoms with van der Waals surface area (Å²) in [6.45, 7) is 9.42. The number of hydrogen-bond donors (Lipinski definition) is 1. The summed E-state index contributed by atoms with van der Waals surface area (Å²) in [5.74, 6) is 0.937. The van der Waals surface area contributed by atoms with Gasteiger partial charge in [0.1, 0.15) is 0 Å². The van der Waals surface area contributed by atoms with Crippen molar-refractivity contribution in [1.82, 2.24) is 20.1 Å². The molecule has 0 radical (unpaired) electrons. The van der Waals surface area contributed by atoms with Crippen molar-refractivity contribution in [2.24, 2.45) is 0 Å². The first-order chi connectivity index (χ1) is 10.1. The third-order valence-electron chi connectivity index (χ3n) is 3.82. The van der Waals surface area contributed by atoms with Gasteiger partial charge >= 0.3 is 0 Å². The largest absolute Gasteiger partial charge is 0.316 e. The Labute approximate surface area is 127 Å². The van der Waals surface area contributed by atoms with E-state index in [9.17, 15) is 0 Å². The molecule has 0 bridgehead atoms. The average Bonchev–Trinajstić information content (AvgIpc) is 2.74. The molecule has 0 aliphatic rings. The maximum absolute atomic E-state index is 4.80. The lowest BCUT2D eigenvalue weighted by atomic mass is 10.1. The summed E-state index contributed by atoms with van der Waals surface area (Å²) in [6.07, 6.45) is 3.12. The molecule has 0 aliphatic heterocycles. The number of hydrogen-bond acceptors (Lipinski definition) is 3.